The molecule has 10 heteroatoms. The van der Waals surface area contributed by atoms with E-state index in [1.54, 1.807) is 24.3 Å². The zero-order valence-corrected chi connectivity index (χ0v) is 21.9. The van der Waals surface area contributed by atoms with E-state index in [1.165, 1.54) is 43.3 Å². The zero-order valence-electron chi connectivity index (χ0n) is 20.3. The second-order valence-corrected chi connectivity index (χ2v) is 11.1. The van der Waals surface area contributed by atoms with Gasteiger partial charge in [-0.3, -0.25) is 9.69 Å². The molecule has 1 aromatic heterocycles. The SMILES string of the molecule is CC(C)(O)c1cc(F)c2c(c1)C(=O)N(Cc1ncc(Cl)cn1)C2(OCC1(CO)CC1)c1ccc(Cl)cc1. The number of benzene rings is 2. The van der Waals surface area contributed by atoms with Crippen LogP contribution in [0.15, 0.2) is 48.8 Å². The zero-order chi connectivity index (χ0) is 26.6. The van der Waals surface area contributed by atoms with E-state index in [4.69, 9.17) is 27.9 Å². The Bertz CT molecular complexity index is 1340. The second kappa shape index (κ2) is 9.29. The summed E-state index contributed by atoms with van der Waals surface area (Å²) in [5, 5.41) is 21.3. The summed E-state index contributed by atoms with van der Waals surface area (Å²) >= 11 is 12.1. The number of aromatic nitrogens is 2. The number of carbonyl (C=O) groups excluding carboxylic acids is 1. The largest absolute Gasteiger partial charge is 0.396 e. The molecule has 0 bridgehead atoms. The lowest BCUT2D eigenvalue weighted by Crippen LogP contribution is -2.48. The number of ether oxygens (including phenoxy) is 1. The van der Waals surface area contributed by atoms with E-state index in [9.17, 15) is 15.0 Å². The molecule has 1 atom stereocenters. The van der Waals surface area contributed by atoms with E-state index in [2.05, 4.69) is 9.97 Å². The van der Waals surface area contributed by atoms with E-state index in [-0.39, 0.29) is 42.3 Å². The van der Waals surface area contributed by atoms with E-state index in [0.717, 1.165) is 12.8 Å². The normalized spacial score (nSPS) is 20.3. The summed E-state index contributed by atoms with van der Waals surface area (Å²) in [4.78, 5) is 23.9. The van der Waals surface area contributed by atoms with Crippen molar-refractivity contribution in [3.05, 3.63) is 92.7 Å². The summed E-state index contributed by atoms with van der Waals surface area (Å²) in [5.41, 5.74) is -2.74. The lowest BCUT2D eigenvalue weighted by atomic mass is 9.88. The Morgan fingerprint density at radius 2 is 1.76 bits per heavy atom. The fraction of sp³-hybridized carbons (Fsp3) is 0.370. The van der Waals surface area contributed by atoms with Gasteiger partial charge in [0.1, 0.15) is 11.6 Å². The maximum atomic E-state index is 16.1. The summed E-state index contributed by atoms with van der Waals surface area (Å²) in [5.74, 6) is -0.937. The Balaban J connectivity index is 1.74. The summed E-state index contributed by atoms with van der Waals surface area (Å²) in [7, 11) is 0. The van der Waals surface area contributed by atoms with Crippen molar-refractivity contribution in [2.75, 3.05) is 13.2 Å². The molecule has 1 fully saturated rings. The first-order chi connectivity index (χ1) is 17.5. The van der Waals surface area contributed by atoms with Crippen molar-refractivity contribution in [1.29, 1.82) is 0 Å². The fourth-order valence-electron chi connectivity index (χ4n) is 4.63. The Kier molecular flexibility index (Phi) is 6.53. The van der Waals surface area contributed by atoms with Crippen LogP contribution >= 0.6 is 23.2 Å². The van der Waals surface area contributed by atoms with Crippen LogP contribution in [0.1, 0.15) is 59.6 Å². The number of carbonyl (C=O) groups is 1. The highest BCUT2D eigenvalue weighted by molar-refractivity contribution is 6.30. The van der Waals surface area contributed by atoms with Gasteiger partial charge in [-0.1, -0.05) is 35.3 Å². The molecule has 0 spiro atoms. The van der Waals surface area contributed by atoms with Gasteiger partial charge in [-0.2, -0.15) is 0 Å². The minimum atomic E-state index is -1.70. The highest BCUT2D eigenvalue weighted by Crippen LogP contribution is 2.52. The molecule has 194 valence electrons. The lowest BCUT2D eigenvalue weighted by molar-refractivity contribution is -0.131. The van der Waals surface area contributed by atoms with Crippen LogP contribution in [0.3, 0.4) is 0 Å². The molecule has 0 radical (unpaired) electrons. The van der Waals surface area contributed by atoms with Crippen molar-refractivity contribution in [3.8, 4) is 0 Å². The molecule has 3 aromatic rings. The molecule has 1 unspecified atom stereocenters. The monoisotopic (exact) mass is 545 g/mol. The number of hydrogen-bond donors (Lipinski definition) is 2. The standard InChI is InChI=1S/C27H26Cl2FN3O4/c1-25(2,36)17-9-20-23(21(30)10-17)27(16-3-5-18(28)6-4-16,37-15-26(14-34)7-8-26)33(24(20)35)13-22-31-11-19(29)12-32-22/h3-6,9-12,34,36H,7-8,13-15H2,1-2H3. The molecule has 1 saturated carbocycles. The maximum Gasteiger partial charge on any atom is 0.257 e. The van der Waals surface area contributed by atoms with Crippen LogP contribution in [0.25, 0.3) is 0 Å². The van der Waals surface area contributed by atoms with Crippen LogP contribution in [0.5, 0.6) is 0 Å². The molecule has 2 aliphatic rings. The minimum absolute atomic E-state index is 0.0236. The van der Waals surface area contributed by atoms with Gasteiger partial charge in [0.2, 0.25) is 0 Å². The van der Waals surface area contributed by atoms with Crippen LogP contribution in [0.4, 0.5) is 4.39 Å². The van der Waals surface area contributed by atoms with Crippen LogP contribution < -0.4 is 0 Å². The van der Waals surface area contributed by atoms with E-state index >= 15 is 4.39 Å². The van der Waals surface area contributed by atoms with Gasteiger partial charge in [0, 0.05) is 28.4 Å². The van der Waals surface area contributed by atoms with Crippen LogP contribution in [-0.4, -0.2) is 44.2 Å². The number of amides is 1. The lowest BCUT2D eigenvalue weighted by Gasteiger charge is -2.40. The fourth-order valence-corrected chi connectivity index (χ4v) is 4.86. The third-order valence-electron chi connectivity index (χ3n) is 7.08. The predicted molar refractivity (Wildman–Crippen MR) is 135 cm³/mol. The Morgan fingerprint density at radius 3 is 2.32 bits per heavy atom. The molecule has 1 amide bonds. The van der Waals surface area contributed by atoms with E-state index in [1.807, 2.05) is 0 Å². The predicted octanol–water partition coefficient (Wildman–Crippen LogP) is 4.80. The molecule has 2 N–H and O–H groups in total. The average Bonchev–Trinajstić information content (AvgIpc) is 3.60. The van der Waals surface area contributed by atoms with Crippen molar-refractivity contribution in [3.63, 3.8) is 0 Å². The maximum absolute atomic E-state index is 16.1. The Morgan fingerprint density at radius 1 is 1.11 bits per heavy atom. The van der Waals surface area contributed by atoms with Gasteiger partial charge in [0.25, 0.3) is 5.91 Å². The van der Waals surface area contributed by atoms with Gasteiger partial charge in [0.05, 0.1) is 41.5 Å². The van der Waals surface area contributed by atoms with Gasteiger partial charge >= 0.3 is 0 Å². The van der Waals surface area contributed by atoms with Crippen molar-refractivity contribution >= 4 is 29.1 Å². The number of aliphatic hydroxyl groups is 2. The quantitative estimate of drug-likeness (QED) is 0.422. The summed E-state index contributed by atoms with van der Waals surface area (Å²) in [6.45, 7) is 2.92. The molecule has 1 aliphatic heterocycles. The molecular formula is C27H26Cl2FN3O4. The first-order valence-corrected chi connectivity index (χ1v) is 12.6. The first kappa shape index (κ1) is 26.0. The van der Waals surface area contributed by atoms with Gasteiger partial charge < -0.3 is 14.9 Å². The van der Waals surface area contributed by atoms with Crippen molar-refractivity contribution in [1.82, 2.24) is 14.9 Å². The summed E-state index contributed by atoms with van der Waals surface area (Å²) < 4.78 is 22.7. The van der Waals surface area contributed by atoms with Crippen LogP contribution in [0.2, 0.25) is 10.0 Å². The molecule has 7 nitrogen and oxygen atoms in total. The summed E-state index contributed by atoms with van der Waals surface area (Å²) in [6, 6.07) is 9.37. The molecule has 2 aromatic carbocycles. The third kappa shape index (κ3) is 4.62. The molecule has 5 rings (SSSR count). The van der Waals surface area contributed by atoms with Gasteiger partial charge in [-0.25, -0.2) is 14.4 Å². The highest BCUT2D eigenvalue weighted by Gasteiger charge is 2.56. The molecular weight excluding hydrogens is 520 g/mol. The average molecular weight is 546 g/mol. The topological polar surface area (TPSA) is 95.8 Å². The first-order valence-electron chi connectivity index (χ1n) is 11.9. The number of rotatable bonds is 8. The second-order valence-electron chi connectivity index (χ2n) is 10.2. The molecule has 37 heavy (non-hydrogen) atoms. The Hall–Kier alpha value is -2.62. The van der Waals surface area contributed by atoms with Crippen LogP contribution in [0, 0.1) is 11.2 Å². The van der Waals surface area contributed by atoms with E-state index in [0.29, 0.717) is 15.6 Å². The minimum Gasteiger partial charge on any atom is -0.396 e. The van der Waals surface area contributed by atoms with Crippen molar-refractivity contribution in [2.24, 2.45) is 5.41 Å². The number of fused-ring (bicyclic) bond motifs is 1. The number of hydrogen-bond acceptors (Lipinski definition) is 6. The van der Waals surface area contributed by atoms with Crippen LogP contribution in [-0.2, 0) is 22.6 Å². The number of nitrogens with zero attached hydrogens (tertiary/aromatic N) is 3. The molecule has 1 aliphatic carbocycles. The Labute approximate surface area is 223 Å². The van der Waals surface area contributed by atoms with Gasteiger partial charge in [0.15, 0.2) is 5.72 Å². The smallest absolute Gasteiger partial charge is 0.257 e. The molecule has 0 saturated heterocycles. The van der Waals surface area contributed by atoms with Crippen molar-refractivity contribution in [2.45, 2.75) is 44.6 Å². The third-order valence-corrected chi connectivity index (χ3v) is 7.53. The number of halogens is 3. The highest BCUT2D eigenvalue weighted by atomic mass is 35.5. The van der Waals surface area contributed by atoms with Crippen molar-refractivity contribution < 1.29 is 24.1 Å². The van der Waals surface area contributed by atoms with E-state index < -0.39 is 28.5 Å². The summed E-state index contributed by atoms with van der Waals surface area (Å²) in [6.07, 6.45) is 4.34. The van der Waals surface area contributed by atoms with Gasteiger partial charge in [-0.05, 0) is 56.5 Å². The number of aliphatic hydroxyl groups excluding tert-OH is 1. The molecule has 2 heterocycles. The van der Waals surface area contributed by atoms with Gasteiger partial charge in [-0.15, -0.1) is 0 Å².